The molecule has 0 aromatic heterocycles. The molecular weight excluding hydrogens is 464 g/mol. The summed E-state index contributed by atoms with van der Waals surface area (Å²) < 4.78 is 36.6. The Labute approximate surface area is 211 Å². The molecule has 3 atom stereocenters. The quantitative estimate of drug-likeness (QED) is 0.380. The predicted octanol–water partition coefficient (Wildman–Crippen LogP) is 4.67. The number of carbonyl (C=O) groups is 2. The number of hydrogen-bond acceptors (Lipinski definition) is 5. The summed E-state index contributed by atoms with van der Waals surface area (Å²) in [6.07, 6.45) is 12.4. The molecule has 35 heavy (non-hydrogen) atoms. The first-order chi connectivity index (χ1) is 16.5. The molecule has 0 unspecified atom stereocenters. The van der Waals surface area contributed by atoms with E-state index in [2.05, 4.69) is 25.7 Å². The van der Waals surface area contributed by atoms with E-state index in [1.807, 2.05) is 4.31 Å². The highest BCUT2D eigenvalue weighted by atomic mass is 32.2. The predicted molar refractivity (Wildman–Crippen MR) is 136 cm³/mol. The first-order valence-corrected chi connectivity index (χ1v) is 15.3. The SMILES string of the molecule is C=C(NC(C)=O)C(=O)O[C@H]1C[C@@H]2CC[C@@]1(CS(=O)(=O)N(C1CCCCC1)C1CCCCC1)C2(C)C. The molecule has 0 aromatic rings. The van der Waals surface area contributed by atoms with Crippen molar-refractivity contribution in [2.45, 2.75) is 122 Å². The van der Waals surface area contributed by atoms with E-state index in [-0.39, 0.29) is 34.9 Å². The van der Waals surface area contributed by atoms with Gasteiger partial charge in [-0.2, -0.15) is 4.31 Å². The van der Waals surface area contributed by atoms with E-state index < -0.39 is 27.5 Å². The summed E-state index contributed by atoms with van der Waals surface area (Å²) in [5, 5.41) is 2.41. The minimum Gasteiger partial charge on any atom is -0.457 e. The van der Waals surface area contributed by atoms with Gasteiger partial charge >= 0.3 is 5.97 Å². The average molecular weight is 509 g/mol. The number of fused-ring (bicyclic) bond motifs is 2. The normalized spacial score (nSPS) is 31.4. The minimum atomic E-state index is -3.58. The van der Waals surface area contributed by atoms with Gasteiger partial charge in [-0.1, -0.05) is 59.0 Å². The van der Waals surface area contributed by atoms with Crippen molar-refractivity contribution in [2.75, 3.05) is 5.75 Å². The Hall–Kier alpha value is -1.41. The molecule has 4 rings (SSSR count). The van der Waals surface area contributed by atoms with Crippen molar-refractivity contribution in [1.82, 2.24) is 9.62 Å². The van der Waals surface area contributed by atoms with Gasteiger partial charge in [0.1, 0.15) is 11.8 Å². The summed E-state index contributed by atoms with van der Waals surface area (Å²) in [6.45, 7) is 9.28. The number of hydrogen-bond donors (Lipinski definition) is 1. The number of sulfonamides is 1. The van der Waals surface area contributed by atoms with Gasteiger partial charge in [0.25, 0.3) is 0 Å². The van der Waals surface area contributed by atoms with E-state index in [1.54, 1.807) is 0 Å². The van der Waals surface area contributed by atoms with Crippen LogP contribution in [0.3, 0.4) is 0 Å². The summed E-state index contributed by atoms with van der Waals surface area (Å²) in [6, 6.07) is 0.186. The molecule has 0 aliphatic heterocycles. The molecule has 0 aromatic carbocycles. The second kappa shape index (κ2) is 10.2. The lowest BCUT2D eigenvalue weighted by atomic mass is 9.69. The van der Waals surface area contributed by atoms with Crippen molar-refractivity contribution in [3.8, 4) is 0 Å². The maximum Gasteiger partial charge on any atom is 0.354 e. The number of carbonyl (C=O) groups excluding carboxylic acids is 2. The number of ether oxygens (including phenoxy) is 1. The summed E-state index contributed by atoms with van der Waals surface area (Å²) in [5.41, 5.74) is -0.989. The van der Waals surface area contributed by atoms with Crippen LogP contribution in [0.25, 0.3) is 0 Å². The first kappa shape index (κ1) is 26.6. The molecule has 0 spiro atoms. The van der Waals surface area contributed by atoms with E-state index in [1.165, 1.54) is 19.8 Å². The van der Waals surface area contributed by atoms with Crippen molar-refractivity contribution < 1.29 is 22.7 Å². The maximum absolute atomic E-state index is 14.4. The van der Waals surface area contributed by atoms with Crippen LogP contribution in [0.5, 0.6) is 0 Å². The van der Waals surface area contributed by atoms with Gasteiger partial charge in [0.2, 0.25) is 15.9 Å². The van der Waals surface area contributed by atoms with Gasteiger partial charge < -0.3 is 10.1 Å². The molecule has 4 aliphatic carbocycles. The molecule has 4 saturated carbocycles. The van der Waals surface area contributed by atoms with Gasteiger partial charge in [-0.05, 0) is 56.3 Å². The average Bonchev–Trinajstić information content (AvgIpc) is 3.14. The third-order valence-corrected chi connectivity index (χ3v) is 11.9. The van der Waals surface area contributed by atoms with Gasteiger partial charge in [-0.25, -0.2) is 13.2 Å². The fourth-order valence-corrected chi connectivity index (χ4v) is 10.6. The number of nitrogens with one attached hydrogen (secondary N) is 1. The lowest BCUT2D eigenvalue weighted by molar-refractivity contribution is -0.152. The topological polar surface area (TPSA) is 92.8 Å². The van der Waals surface area contributed by atoms with E-state index in [0.717, 1.165) is 64.2 Å². The van der Waals surface area contributed by atoms with Gasteiger partial charge in [-0.15, -0.1) is 0 Å². The first-order valence-electron chi connectivity index (χ1n) is 13.7. The van der Waals surface area contributed by atoms with E-state index in [4.69, 9.17) is 4.74 Å². The Morgan fingerprint density at radius 2 is 1.51 bits per heavy atom. The van der Waals surface area contributed by atoms with Crippen LogP contribution >= 0.6 is 0 Å². The number of esters is 1. The summed E-state index contributed by atoms with van der Waals surface area (Å²) in [7, 11) is -3.58. The molecule has 0 heterocycles. The standard InChI is InChI=1S/C27H44N2O5S/c1-19(28-20(2)30)25(31)34-24-17-21-15-16-27(24,26(21,3)4)18-35(32,33)29(22-11-7-5-8-12-22)23-13-9-6-10-14-23/h21-24H,1,5-18H2,2-4H3,(H,28,30)/t21-,24-,27-/m0/s1. The molecule has 198 valence electrons. The van der Waals surface area contributed by atoms with Gasteiger partial charge in [0, 0.05) is 24.4 Å². The van der Waals surface area contributed by atoms with Crippen LogP contribution in [0, 0.1) is 16.7 Å². The second-order valence-corrected chi connectivity index (χ2v) is 13.9. The lowest BCUT2D eigenvalue weighted by Crippen LogP contribution is -2.54. The molecule has 0 saturated heterocycles. The zero-order valence-electron chi connectivity index (χ0n) is 21.8. The van der Waals surface area contributed by atoms with E-state index in [9.17, 15) is 18.0 Å². The maximum atomic E-state index is 14.4. The molecular formula is C27H44N2O5S. The van der Waals surface area contributed by atoms with Crippen molar-refractivity contribution in [3.05, 3.63) is 12.3 Å². The molecule has 4 fully saturated rings. The molecule has 7 nitrogen and oxygen atoms in total. The van der Waals surface area contributed by atoms with E-state index in [0.29, 0.717) is 12.3 Å². The van der Waals surface area contributed by atoms with Crippen LogP contribution in [0.4, 0.5) is 0 Å². The van der Waals surface area contributed by atoms with Crippen LogP contribution in [-0.4, -0.2) is 48.5 Å². The fraction of sp³-hybridized carbons (Fsp3) is 0.852. The molecule has 2 bridgehead atoms. The van der Waals surface area contributed by atoms with Crippen molar-refractivity contribution >= 4 is 21.9 Å². The molecule has 0 radical (unpaired) electrons. The van der Waals surface area contributed by atoms with Gasteiger partial charge in [0.15, 0.2) is 0 Å². The number of nitrogens with zero attached hydrogens (tertiary/aromatic N) is 1. The van der Waals surface area contributed by atoms with Crippen LogP contribution in [0.15, 0.2) is 12.3 Å². The fourth-order valence-electron chi connectivity index (χ4n) is 7.79. The summed E-state index contributed by atoms with van der Waals surface area (Å²) in [4.78, 5) is 24.1. The Balaban J connectivity index is 1.62. The number of amides is 1. The van der Waals surface area contributed by atoms with Crippen molar-refractivity contribution in [1.29, 1.82) is 0 Å². The van der Waals surface area contributed by atoms with Gasteiger partial charge in [-0.3, -0.25) is 4.79 Å². The zero-order valence-corrected chi connectivity index (χ0v) is 22.6. The van der Waals surface area contributed by atoms with E-state index >= 15 is 0 Å². The highest BCUT2D eigenvalue weighted by molar-refractivity contribution is 7.89. The molecule has 8 heteroatoms. The Bertz CT molecular complexity index is 915. The summed E-state index contributed by atoms with van der Waals surface area (Å²) >= 11 is 0. The highest BCUT2D eigenvalue weighted by Gasteiger charge is 2.67. The zero-order chi connectivity index (χ0) is 25.4. The molecule has 4 aliphatic rings. The third-order valence-electron chi connectivity index (χ3n) is 9.81. The smallest absolute Gasteiger partial charge is 0.354 e. The van der Waals surface area contributed by atoms with Crippen molar-refractivity contribution in [3.63, 3.8) is 0 Å². The third kappa shape index (κ3) is 5.07. The Morgan fingerprint density at radius 1 is 0.971 bits per heavy atom. The van der Waals surface area contributed by atoms with Crippen molar-refractivity contribution in [2.24, 2.45) is 16.7 Å². The minimum absolute atomic E-state index is 0.0288. The Morgan fingerprint density at radius 3 is 2.00 bits per heavy atom. The Kier molecular flexibility index (Phi) is 7.73. The summed E-state index contributed by atoms with van der Waals surface area (Å²) in [5.74, 6) is -0.710. The molecule has 1 N–H and O–H groups in total. The monoisotopic (exact) mass is 508 g/mol. The van der Waals surface area contributed by atoms with Crippen LogP contribution in [-0.2, 0) is 24.3 Å². The molecule has 1 amide bonds. The second-order valence-electron chi connectivity index (χ2n) is 12.1. The van der Waals surface area contributed by atoms with Crippen LogP contribution < -0.4 is 5.32 Å². The van der Waals surface area contributed by atoms with Crippen LogP contribution in [0.1, 0.15) is 104 Å². The highest BCUT2D eigenvalue weighted by Crippen LogP contribution is 2.67. The number of rotatable bonds is 8. The van der Waals surface area contributed by atoms with Crippen LogP contribution in [0.2, 0.25) is 0 Å². The van der Waals surface area contributed by atoms with Gasteiger partial charge in [0.05, 0.1) is 5.75 Å². The lowest BCUT2D eigenvalue weighted by Gasteiger charge is -2.46. The largest absolute Gasteiger partial charge is 0.457 e.